The predicted molar refractivity (Wildman–Crippen MR) is 76.7 cm³/mol. The van der Waals surface area contributed by atoms with E-state index in [1.807, 2.05) is 0 Å². The highest BCUT2D eigenvalue weighted by Crippen LogP contribution is 2.23. The van der Waals surface area contributed by atoms with Crippen molar-refractivity contribution in [1.29, 1.82) is 0 Å². The van der Waals surface area contributed by atoms with Crippen LogP contribution in [0.25, 0.3) is 0 Å². The number of unbranched alkanes of at least 4 members (excludes halogenated alkanes) is 2. The second-order valence-electron chi connectivity index (χ2n) is 6.40. The summed E-state index contributed by atoms with van der Waals surface area (Å²) < 4.78 is 2.14. The summed E-state index contributed by atoms with van der Waals surface area (Å²) in [5.74, 6) is 0. The highest BCUT2D eigenvalue weighted by molar-refractivity contribution is 5.12. The Morgan fingerprint density at radius 2 is 1.72 bits per heavy atom. The molecule has 3 heteroatoms. The third kappa shape index (κ3) is 4.79. The average molecular weight is 251 g/mol. The fraction of sp³-hybridized carbons (Fsp3) is 0.867. The van der Waals surface area contributed by atoms with E-state index in [0.717, 1.165) is 19.4 Å². The topological polar surface area (TPSA) is 30.7 Å². The maximum atomic E-state index is 4.40. The van der Waals surface area contributed by atoms with E-state index in [-0.39, 0.29) is 0 Å². The SMILES string of the molecule is CCCCc1nnn(CCCC)c1CC(C)(C)C. The zero-order valence-electron chi connectivity index (χ0n) is 12.8. The lowest BCUT2D eigenvalue weighted by Gasteiger charge is -2.19. The largest absolute Gasteiger partial charge is 0.249 e. The molecule has 0 aliphatic heterocycles. The number of rotatable bonds is 7. The highest BCUT2D eigenvalue weighted by Gasteiger charge is 2.19. The van der Waals surface area contributed by atoms with E-state index in [1.165, 1.54) is 37.1 Å². The maximum Gasteiger partial charge on any atom is 0.0859 e. The molecule has 0 amide bonds. The Morgan fingerprint density at radius 3 is 2.28 bits per heavy atom. The molecule has 0 atom stereocenters. The van der Waals surface area contributed by atoms with Crippen molar-refractivity contribution in [3.05, 3.63) is 11.4 Å². The third-order valence-electron chi connectivity index (χ3n) is 3.11. The van der Waals surface area contributed by atoms with Gasteiger partial charge in [-0.2, -0.15) is 0 Å². The van der Waals surface area contributed by atoms with Crippen molar-refractivity contribution < 1.29 is 0 Å². The summed E-state index contributed by atoms with van der Waals surface area (Å²) in [6, 6.07) is 0. The first-order valence-corrected chi connectivity index (χ1v) is 7.39. The molecule has 0 aromatic carbocycles. The van der Waals surface area contributed by atoms with Crippen LogP contribution in [0.1, 0.15) is 71.7 Å². The first kappa shape index (κ1) is 15.2. The van der Waals surface area contributed by atoms with Crippen molar-refractivity contribution in [2.24, 2.45) is 5.41 Å². The minimum Gasteiger partial charge on any atom is -0.249 e. The monoisotopic (exact) mass is 251 g/mol. The Bertz CT molecular complexity index is 322. The van der Waals surface area contributed by atoms with Crippen LogP contribution in [-0.2, 0) is 19.4 Å². The normalized spacial score (nSPS) is 12.1. The molecule has 0 aliphatic carbocycles. The average Bonchev–Trinajstić information content (AvgIpc) is 2.64. The van der Waals surface area contributed by atoms with Crippen molar-refractivity contribution in [2.45, 2.75) is 79.7 Å². The molecule has 0 N–H and O–H groups in total. The summed E-state index contributed by atoms with van der Waals surface area (Å²) in [5, 5.41) is 8.76. The van der Waals surface area contributed by atoms with E-state index in [2.05, 4.69) is 49.6 Å². The first-order chi connectivity index (χ1) is 8.48. The minimum atomic E-state index is 0.298. The van der Waals surface area contributed by atoms with Crippen molar-refractivity contribution in [2.75, 3.05) is 0 Å². The van der Waals surface area contributed by atoms with Crippen LogP contribution in [0.3, 0.4) is 0 Å². The number of hydrogen-bond donors (Lipinski definition) is 0. The van der Waals surface area contributed by atoms with Gasteiger partial charge in [0.25, 0.3) is 0 Å². The summed E-state index contributed by atoms with van der Waals surface area (Å²) >= 11 is 0. The Balaban J connectivity index is 2.86. The molecule has 0 saturated carbocycles. The first-order valence-electron chi connectivity index (χ1n) is 7.39. The molecular weight excluding hydrogens is 222 g/mol. The summed E-state index contributed by atoms with van der Waals surface area (Å²) in [6.07, 6.45) is 6.98. The standard InChI is InChI=1S/C15H29N3/c1-6-8-10-13-14(12-15(3,4)5)18(17-16-13)11-9-7-2/h6-12H2,1-5H3. The van der Waals surface area contributed by atoms with Crippen LogP contribution >= 0.6 is 0 Å². The van der Waals surface area contributed by atoms with Gasteiger partial charge in [0.15, 0.2) is 0 Å². The van der Waals surface area contributed by atoms with Crippen LogP contribution < -0.4 is 0 Å². The van der Waals surface area contributed by atoms with Gasteiger partial charge in [-0.15, -0.1) is 5.10 Å². The molecule has 0 bridgehead atoms. The summed E-state index contributed by atoms with van der Waals surface area (Å²) in [7, 11) is 0. The lowest BCUT2D eigenvalue weighted by atomic mass is 9.89. The molecule has 0 aliphatic rings. The van der Waals surface area contributed by atoms with Crippen molar-refractivity contribution in [1.82, 2.24) is 15.0 Å². The van der Waals surface area contributed by atoms with Crippen molar-refractivity contribution in [3.8, 4) is 0 Å². The highest BCUT2D eigenvalue weighted by atomic mass is 15.4. The molecule has 0 unspecified atom stereocenters. The molecule has 1 aromatic heterocycles. The summed E-state index contributed by atoms with van der Waals surface area (Å²) in [5.41, 5.74) is 2.89. The van der Waals surface area contributed by atoms with Crippen molar-refractivity contribution >= 4 is 0 Å². The second-order valence-corrected chi connectivity index (χ2v) is 6.40. The van der Waals surface area contributed by atoms with E-state index in [9.17, 15) is 0 Å². The van der Waals surface area contributed by atoms with Crippen LogP contribution in [0.2, 0.25) is 0 Å². The molecule has 104 valence electrons. The van der Waals surface area contributed by atoms with Gasteiger partial charge >= 0.3 is 0 Å². The lowest BCUT2D eigenvalue weighted by molar-refractivity contribution is 0.388. The molecule has 1 heterocycles. The van der Waals surface area contributed by atoms with Crippen LogP contribution in [0.15, 0.2) is 0 Å². The number of hydrogen-bond acceptors (Lipinski definition) is 2. The van der Waals surface area contributed by atoms with Gasteiger partial charge < -0.3 is 0 Å². The Morgan fingerprint density at radius 1 is 1.06 bits per heavy atom. The minimum absolute atomic E-state index is 0.298. The number of aryl methyl sites for hydroxylation is 2. The summed E-state index contributed by atoms with van der Waals surface area (Å²) in [6.45, 7) is 12.3. The molecule has 3 nitrogen and oxygen atoms in total. The Hall–Kier alpha value is -0.860. The van der Waals surface area contributed by atoms with E-state index < -0.39 is 0 Å². The maximum absolute atomic E-state index is 4.40. The van der Waals surface area contributed by atoms with Gasteiger partial charge in [0, 0.05) is 6.54 Å². The van der Waals surface area contributed by atoms with Gasteiger partial charge in [-0.25, -0.2) is 4.68 Å². The molecule has 1 aromatic rings. The van der Waals surface area contributed by atoms with Crippen LogP contribution in [0.5, 0.6) is 0 Å². The van der Waals surface area contributed by atoms with Gasteiger partial charge in [-0.3, -0.25) is 0 Å². The van der Waals surface area contributed by atoms with Gasteiger partial charge in [0.1, 0.15) is 0 Å². The Kier molecular flexibility index (Phi) is 5.83. The molecule has 0 saturated heterocycles. The van der Waals surface area contributed by atoms with E-state index in [4.69, 9.17) is 0 Å². The van der Waals surface area contributed by atoms with Crippen LogP contribution in [0.4, 0.5) is 0 Å². The van der Waals surface area contributed by atoms with Crippen LogP contribution in [0, 0.1) is 5.41 Å². The summed E-state index contributed by atoms with van der Waals surface area (Å²) in [4.78, 5) is 0. The van der Waals surface area contributed by atoms with Gasteiger partial charge in [0.2, 0.25) is 0 Å². The molecule has 18 heavy (non-hydrogen) atoms. The molecule has 0 radical (unpaired) electrons. The van der Waals surface area contributed by atoms with Gasteiger partial charge in [0.05, 0.1) is 11.4 Å². The van der Waals surface area contributed by atoms with Gasteiger partial charge in [-0.05, 0) is 31.1 Å². The second kappa shape index (κ2) is 6.91. The molecule has 0 spiro atoms. The fourth-order valence-electron chi connectivity index (χ4n) is 2.09. The zero-order valence-corrected chi connectivity index (χ0v) is 12.8. The van der Waals surface area contributed by atoms with Gasteiger partial charge in [-0.1, -0.05) is 52.7 Å². The van der Waals surface area contributed by atoms with E-state index in [1.54, 1.807) is 0 Å². The third-order valence-corrected chi connectivity index (χ3v) is 3.11. The molecule has 1 rings (SSSR count). The quantitative estimate of drug-likeness (QED) is 0.733. The van der Waals surface area contributed by atoms with E-state index in [0.29, 0.717) is 5.41 Å². The number of aromatic nitrogens is 3. The lowest BCUT2D eigenvalue weighted by Crippen LogP contribution is -2.16. The molecule has 0 fully saturated rings. The predicted octanol–water partition coefficient (Wildman–Crippen LogP) is 4.01. The van der Waals surface area contributed by atoms with Crippen molar-refractivity contribution in [3.63, 3.8) is 0 Å². The smallest absolute Gasteiger partial charge is 0.0859 e. The zero-order chi connectivity index (χ0) is 13.6. The molecular formula is C15H29N3. The number of nitrogens with zero attached hydrogens (tertiary/aromatic N) is 3. The van der Waals surface area contributed by atoms with Crippen LogP contribution in [-0.4, -0.2) is 15.0 Å². The Labute approximate surface area is 112 Å². The van der Waals surface area contributed by atoms with E-state index >= 15 is 0 Å². The fourth-order valence-corrected chi connectivity index (χ4v) is 2.09.